The molecular weight excluding hydrogens is 482 g/mol. The van der Waals surface area contributed by atoms with Crippen LogP contribution in [0.3, 0.4) is 0 Å². The van der Waals surface area contributed by atoms with E-state index in [9.17, 15) is 22.6 Å². The lowest BCUT2D eigenvalue weighted by Crippen LogP contribution is -2.61. The van der Waals surface area contributed by atoms with E-state index in [4.69, 9.17) is 10.2 Å². The van der Waals surface area contributed by atoms with E-state index in [2.05, 4.69) is 19.5 Å². The van der Waals surface area contributed by atoms with Crippen molar-refractivity contribution >= 4 is 21.7 Å². The Hall–Kier alpha value is -3.74. The fraction of sp³-hybridized carbons (Fsp3) is 0.318. The smallest absolute Gasteiger partial charge is 0.315 e. The van der Waals surface area contributed by atoms with Gasteiger partial charge in [-0.05, 0) is 17.7 Å². The fourth-order valence-corrected chi connectivity index (χ4v) is 6.64. The van der Waals surface area contributed by atoms with Gasteiger partial charge in [-0.25, -0.2) is 9.00 Å². The molecule has 1 aliphatic rings. The zero-order valence-electron chi connectivity index (χ0n) is 18.6. The van der Waals surface area contributed by atoms with Crippen LogP contribution in [0.15, 0.2) is 57.4 Å². The van der Waals surface area contributed by atoms with Crippen LogP contribution in [0.2, 0.25) is 0 Å². The Bertz CT molecular complexity index is 1360. The monoisotopic (exact) mass is 504 g/mol. The summed E-state index contributed by atoms with van der Waals surface area (Å²) < 4.78 is 48.0. The number of carbonyl (C=O) groups excluding carboxylic acids is 2. The van der Waals surface area contributed by atoms with Gasteiger partial charge in [-0.2, -0.15) is 13.1 Å². The van der Waals surface area contributed by atoms with Crippen molar-refractivity contribution in [2.24, 2.45) is 10.1 Å². The second-order valence-corrected chi connectivity index (χ2v) is 10.5. The molecule has 13 heteroatoms. The molecule has 4 rings (SSSR count). The molecular formula is C22H22F2N6O4S. The highest BCUT2D eigenvalue weighted by atomic mass is 32.2. The molecule has 35 heavy (non-hydrogen) atoms. The molecule has 1 saturated heterocycles. The first kappa shape index (κ1) is 24.4. The Morgan fingerprint density at radius 2 is 1.97 bits per heavy atom. The van der Waals surface area contributed by atoms with Crippen LogP contribution in [-0.4, -0.2) is 54.3 Å². The average Bonchev–Trinajstić information content (AvgIpc) is 3.30. The first-order chi connectivity index (χ1) is 16.6. The van der Waals surface area contributed by atoms with Crippen molar-refractivity contribution in [3.05, 3.63) is 65.8 Å². The van der Waals surface area contributed by atoms with Crippen molar-refractivity contribution in [1.29, 1.82) is 0 Å². The maximum atomic E-state index is 13.6. The van der Waals surface area contributed by atoms with Gasteiger partial charge in [0.15, 0.2) is 0 Å². The Morgan fingerprint density at radius 3 is 2.54 bits per heavy atom. The van der Waals surface area contributed by atoms with Crippen LogP contribution in [0.4, 0.5) is 13.6 Å². The summed E-state index contributed by atoms with van der Waals surface area (Å²) in [6.45, 7) is 1.27. The summed E-state index contributed by atoms with van der Waals surface area (Å²) >= 11 is 0. The third kappa shape index (κ3) is 5.04. The number of aromatic nitrogens is 3. The number of hydrogen-bond donors (Lipinski definition) is 1. The van der Waals surface area contributed by atoms with Crippen LogP contribution in [0.1, 0.15) is 30.5 Å². The lowest BCUT2D eigenvalue weighted by molar-refractivity contribution is -0.115. The van der Waals surface area contributed by atoms with Gasteiger partial charge in [-0.1, -0.05) is 30.3 Å². The van der Waals surface area contributed by atoms with Crippen LogP contribution in [0, 0.1) is 0 Å². The lowest BCUT2D eigenvalue weighted by Gasteiger charge is -2.47. The number of nitrogens with zero attached hydrogens (tertiary/aromatic N) is 5. The van der Waals surface area contributed by atoms with Gasteiger partial charge in [0.1, 0.15) is 0 Å². The van der Waals surface area contributed by atoms with Crippen molar-refractivity contribution in [3.8, 4) is 11.5 Å². The molecule has 3 aromatic rings. The minimum absolute atomic E-state index is 0.0140. The summed E-state index contributed by atoms with van der Waals surface area (Å²) in [7, 11) is -2.99. The highest BCUT2D eigenvalue weighted by Gasteiger charge is 2.47. The Labute approximate surface area is 199 Å². The Morgan fingerprint density at radius 1 is 1.23 bits per heavy atom. The molecule has 0 radical (unpaired) electrons. The van der Waals surface area contributed by atoms with Gasteiger partial charge < -0.3 is 15.1 Å². The molecule has 3 heterocycles. The maximum absolute atomic E-state index is 13.6. The van der Waals surface area contributed by atoms with E-state index in [1.54, 1.807) is 42.5 Å². The molecule has 2 atom stereocenters. The van der Waals surface area contributed by atoms with E-state index < -0.39 is 39.5 Å². The summed E-state index contributed by atoms with van der Waals surface area (Å²) in [5, 5.41) is 6.91. The van der Waals surface area contributed by atoms with Gasteiger partial charge in [0.05, 0.1) is 32.3 Å². The van der Waals surface area contributed by atoms with Crippen molar-refractivity contribution in [2.45, 2.75) is 25.3 Å². The van der Waals surface area contributed by atoms with E-state index in [-0.39, 0.29) is 30.4 Å². The van der Waals surface area contributed by atoms with E-state index in [1.807, 2.05) is 0 Å². The first-order valence-corrected chi connectivity index (χ1v) is 12.4. The Kier molecular flexibility index (Phi) is 6.61. The molecule has 0 saturated carbocycles. The number of alkyl halides is 2. The van der Waals surface area contributed by atoms with Crippen LogP contribution in [0.25, 0.3) is 11.5 Å². The SMILES string of the molecule is CC(=O)N=S1(=O)CCN(C(N)=O)C(Cc2ccc(-c3nnc(C(F)F)o3)cn2)(c2ccccc2)C1. The molecule has 2 unspecified atom stereocenters. The third-order valence-corrected chi connectivity index (χ3v) is 8.00. The highest BCUT2D eigenvalue weighted by molar-refractivity contribution is 7.94. The number of rotatable bonds is 5. The number of primary amides is 1. The molecule has 184 valence electrons. The predicted molar refractivity (Wildman–Crippen MR) is 122 cm³/mol. The van der Waals surface area contributed by atoms with E-state index in [0.29, 0.717) is 16.8 Å². The fourth-order valence-electron chi connectivity index (χ4n) is 4.24. The second kappa shape index (κ2) is 9.49. The maximum Gasteiger partial charge on any atom is 0.315 e. The standard InChI is InChI=1S/C22H22F2N6O4S/c1-14(31)29-35(33)10-9-30(21(25)32)22(13-35,16-5-3-2-4-6-16)11-17-8-7-15(12-26-17)19-27-28-20(34-19)18(23)24/h2-8,12,18H,9-11,13H2,1H3,(H2,25,32). The van der Waals surface area contributed by atoms with Gasteiger partial charge in [-0.3, -0.25) is 9.78 Å². The molecule has 2 aromatic heterocycles. The van der Waals surface area contributed by atoms with Crippen molar-refractivity contribution in [1.82, 2.24) is 20.1 Å². The van der Waals surface area contributed by atoms with Crippen LogP contribution < -0.4 is 5.73 Å². The first-order valence-electron chi connectivity index (χ1n) is 10.5. The third-order valence-electron chi connectivity index (χ3n) is 5.66. The average molecular weight is 505 g/mol. The van der Waals surface area contributed by atoms with E-state index >= 15 is 0 Å². The topological polar surface area (TPSA) is 145 Å². The number of urea groups is 1. The molecule has 0 aliphatic carbocycles. The largest absolute Gasteiger partial charge is 0.415 e. The van der Waals surface area contributed by atoms with Gasteiger partial charge in [0, 0.05) is 31.8 Å². The summed E-state index contributed by atoms with van der Waals surface area (Å²) in [4.78, 5) is 30.1. The number of halogens is 2. The quantitative estimate of drug-likeness (QED) is 0.562. The molecule has 1 aromatic carbocycles. The van der Waals surface area contributed by atoms with Crippen LogP contribution in [0.5, 0.6) is 0 Å². The Balaban J connectivity index is 1.77. The molecule has 10 nitrogen and oxygen atoms in total. The van der Waals surface area contributed by atoms with Crippen LogP contribution in [-0.2, 0) is 26.5 Å². The van der Waals surface area contributed by atoms with Gasteiger partial charge in [0.25, 0.3) is 11.8 Å². The van der Waals surface area contributed by atoms with Crippen LogP contribution >= 0.6 is 0 Å². The zero-order chi connectivity index (χ0) is 25.2. The number of nitrogens with two attached hydrogens (primary N) is 1. The van der Waals surface area contributed by atoms with Crippen molar-refractivity contribution in [3.63, 3.8) is 0 Å². The minimum Gasteiger partial charge on any atom is -0.415 e. The highest BCUT2D eigenvalue weighted by Crippen LogP contribution is 2.38. The number of benzene rings is 1. The molecule has 1 fully saturated rings. The van der Waals surface area contributed by atoms with E-state index in [1.165, 1.54) is 18.0 Å². The zero-order valence-corrected chi connectivity index (χ0v) is 19.5. The van der Waals surface area contributed by atoms with Gasteiger partial charge in [-0.15, -0.1) is 10.2 Å². The molecule has 1 aliphatic heterocycles. The predicted octanol–water partition coefficient (Wildman–Crippen LogP) is 2.92. The number of hydrogen-bond acceptors (Lipinski definition) is 7. The summed E-state index contributed by atoms with van der Waals surface area (Å²) in [5.74, 6) is -1.57. The summed E-state index contributed by atoms with van der Waals surface area (Å²) in [6.07, 6.45) is -1.40. The normalized spacial score (nSPS) is 22.2. The number of pyridine rings is 1. The lowest BCUT2D eigenvalue weighted by atomic mass is 9.84. The number of amides is 3. The van der Waals surface area contributed by atoms with Crippen molar-refractivity contribution < 1.29 is 27.0 Å². The minimum atomic E-state index is -2.99. The summed E-state index contributed by atoms with van der Waals surface area (Å²) in [5.41, 5.74) is 6.02. The van der Waals surface area contributed by atoms with E-state index in [0.717, 1.165) is 0 Å². The van der Waals surface area contributed by atoms with Gasteiger partial charge in [0.2, 0.25) is 5.89 Å². The summed E-state index contributed by atoms with van der Waals surface area (Å²) in [6, 6.07) is 11.4. The second-order valence-electron chi connectivity index (χ2n) is 8.08. The molecule has 0 bridgehead atoms. The molecule has 3 amide bonds. The van der Waals surface area contributed by atoms with Gasteiger partial charge >= 0.3 is 12.5 Å². The number of carbonyl (C=O) groups is 2. The molecule has 2 N–H and O–H groups in total. The van der Waals surface area contributed by atoms with Crippen molar-refractivity contribution in [2.75, 3.05) is 18.1 Å². The molecule has 0 spiro atoms.